The van der Waals surface area contributed by atoms with Gasteiger partial charge in [-0.25, -0.2) is 0 Å². The standard InChI is InChI=1S/C16H18N2O3/c1-11-5-4-6-12(9-11)10-14(19)17-13-7-8-15(20-2)18-16(13)21-3/h4-9H,10H2,1-3H3,(H,17,19). The monoisotopic (exact) mass is 286 g/mol. The van der Waals surface area contributed by atoms with Crippen molar-refractivity contribution in [1.29, 1.82) is 0 Å². The molecule has 2 aromatic rings. The number of hydrogen-bond donors (Lipinski definition) is 1. The van der Waals surface area contributed by atoms with Gasteiger partial charge in [-0.15, -0.1) is 0 Å². The molecule has 1 N–H and O–H groups in total. The summed E-state index contributed by atoms with van der Waals surface area (Å²) in [6, 6.07) is 11.2. The quantitative estimate of drug-likeness (QED) is 0.917. The van der Waals surface area contributed by atoms with E-state index in [0.29, 0.717) is 23.9 Å². The van der Waals surface area contributed by atoms with Crippen LogP contribution in [-0.2, 0) is 11.2 Å². The number of aromatic nitrogens is 1. The van der Waals surface area contributed by atoms with E-state index in [1.54, 1.807) is 12.1 Å². The zero-order valence-electron chi connectivity index (χ0n) is 12.3. The molecular formula is C16H18N2O3. The molecule has 0 unspecified atom stereocenters. The second-order valence-corrected chi connectivity index (χ2v) is 4.62. The van der Waals surface area contributed by atoms with Crippen molar-refractivity contribution in [3.63, 3.8) is 0 Å². The third-order valence-corrected chi connectivity index (χ3v) is 2.96. The van der Waals surface area contributed by atoms with Crippen LogP contribution >= 0.6 is 0 Å². The van der Waals surface area contributed by atoms with Gasteiger partial charge in [-0.3, -0.25) is 4.79 Å². The van der Waals surface area contributed by atoms with Crippen molar-refractivity contribution in [2.24, 2.45) is 0 Å². The molecular weight excluding hydrogens is 268 g/mol. The normalized spacial score (nSPS) is 10.0. The molecule has 5 heteroatoms. The van der Waals surface area contributed by atoms with E-state index in [-0.39, 0.29) is 5.91 Å². The fourth-order valence-electron chi connectivity index (χ4n) is 1.99. The van der Waals surface area contributed by atoms with E-state index in [1.807, 2.05) is 31.2 Å². The number of carbonyl (C=O) groups is 1. The number of amides is 1. The molecule has 0 aliphatic rings. The fraction of sp³-hybridized carbons (Fsp3) is 0.250. The van der Waals surface area contributed by atoms with E-state index in [4.69, 9.17) is 9.47 Å². The van der Waals surface area contributed by atoms with Crippen molar-refractivity contribution in [2.45, 2.75) is 13.3 Å². The molecule has 0 radical (unpaired) electrons. The summed E-state index contributed by atoms with van der Waals surface area (Å²) < 4.78 is 10.2. The zero-order valence-corrected chi connectivity index (χ0v) is 12.3. The summed E-state index contributed by atoms with van der Waals surface area (Å²) in [5, 5.41) is 2.80. The molecule has 1 aromatic heterocycles. The number of nitrogens with one attached hydrogen (secondary N) is 1. The molecule has 21 heavy (non-hydrogen) atoms. The van der Waals surface area contributed by atoms with E-state index in [9.17, 15) is 4.79 Å². The topological polar surface area (TPSA) is 60.5 Å². The highest BCUT2D eigenvalue weighted by Gasteiger charge is 2.10. The van der Waals surface area contributed by atoms with Gasteiger partial charge in [0.25, 0.3) is 0 Å². The lowest BCUT2D eigenvalue weighted by Gasteiger charge is -2.10. The van der Waals surface area contributed by atoms with Crippen LogP contribution in [0.2, 0.25) is 0 Å². The SMILES string of the molecule is COc1ccc(NC(=O)Cc2cccc(C)c2)c(OC)n1. The lowest BCUT2D eigenvalue weighted by molar-refractivity contribution is -0.115. The summed E-state index contributed by atoms with van der Waals surface area (Å²) in [6.07, 6.45) is 0.302. The zero-order chi connectivity index (χ0) is 15.2. The van der Waals surface area contributed by atoms with E-state index in [1.165, 1.54) is 14.2 Å². The first kappa shape index (κ1) is 14.8. The number of pyridine rings is 1. The maximum absolute atomic E-state index is 12.1. The van der Waals surface area contributed by atoms with Gasteiger partial charge in [-0.2, -0.15) is 4.98 Å². The molecule has 0 aliphatic heterocycles. The molecule has 1 heterocycles. The number of rotatable bonds is 5. The Bertz CT molecular complexity index is 641. The fourth-order valence-corrected chi connectivity index (χ4v) is 1.99. The number of nitrogens with zero attached hydrogens (tertiary/aromatic N) is 1. The number of carbonyl (C=O) groups excluding carboxylic acids is 1. The molecule has 0 spiro atoms. The number of hydrogen-bond acceptors (Lipinski definition) is 4. The van der Waals surface area contributed by atoms with Crippen molar-refractivity contribution in [3.8, 4) is 11.8 Å². The highest BCUT2D eigenvalue weighted by atomic mass is 16.5. The van der Waals surface area contributed by atoms with Crippen LogP contribution in [-0.4, -0.2) is 25.1 Å². The van der Waals surface area contributed by atoms with Gasteiger partial charge in [0.05, 0.1) is 20.6 Å². The first-order valence-electron chi connectivity index (χ1n) is 6.57. The molecule has 0 aliphatic carbocycles. The van der Waals surface area contributed by atoms with Crippen molar-refractivity contribution >= 4 is 11.6 Å². The van der Waals surface area contributed by atoms with E-state index in [2.05, 4.69) is 10.3 Å². The van der Waals surface area contributed by atoms with E-state index >= 15 is 0 Å². The Morgan fingerprint density at radius 3 is 2.67 bits per heavy atom. The van der Waals surface area contributed by atoms with Crippen molar-refractivity contribution in [3.05, 3.63) is 47.5 Å². The van der Waals surface area contributed by atoms with Crippen LogP contribution in [0.15, 0.2) is 36.4 Å². The van der Waals surface area contributed by atoms with Gasteiger partial charge >= 0.3 is 0 Å². The minimum absolute atomic E-state index is 0.120. The molecule has 1 amide bonds. The van der Waals surface area contributed by atoms with Crippen LogP contribution in [0.5, 0.6) is 11.8 Å². The van der Waals surface area contributed by atoms with Crippen LogP contribution < -0.4 is 14.8 Å². The molecule has 1 aromatic carbocycles. The van der Waals surface area contributed by atoms with Crippen LogP contribution in [0, 0.1) is 6.92 Å². The number of anilines is 1. The lowest BCUT2D eigenvalue weighted by Crippen LogP contribution is -2.15. The van der Waals surface area contributed by atoms with Crippen molar-refractivity contribution in [2.75, 3.05) is 19.5 Å². The molecule has 0 fully saturated rings. The van der Waals surface area contributed by atoms with Gasteiger partial charge in [0.1, 0.15) is 5.69 Å². The first-order chi connectivity index (χ1) is 10.1. The summed E-state index contributed by atoms with van der Waals surface area (Å²) in [5.41, 5.74) is 2.62. The second kappa shape index (κ2) is 6.74. The number of methoxy groups -OCH3 is 2. The average Bonchev–Trinajstić information content (AvgIpc) is 2.47. The Morgan fingerprint density at radius 2 is 2.00 bits per heavy atom. The van der Waals surface area contributed by atoms with Gasteiger partial charge in [0.2, 0.25) is 17.7 Å². The number of aryl methyl sites for hydroxylation is 1. The molecule has 110 valence electrons. The summed E-state index contributed by atoms with van der Waals surface area (Å²) >= 11 is 0. The molecule has 2 rings (SSSR count). The Balaban J connectivity index is 2.09. The molecule has 0 atom stereocenters. The predicted molar refractivity (Wildman–Crippen MR) is 80.9 cm³/mol. The highest BCUT2D eigenvalue weighted by Crippen LogP contribution is 2.24. The van der Waals surface area contributed by atoms with Gasteiger partial charge in [0.15, 0.2) is 0 Å². The van der Waals surface area contributed by atoms with Gasteiger partial charge < -0.3 is 14.8 Å². The average molecular weight is 286 g/mol. The maximum atomic E-state index is 12.1. The Kier molecular flexibility index (Phi) is 4.77. The third-order valence-electron chi connectivity index (χ3n) is 2.96. The minimum atomic E-state index is -0.120. The summed E-state index contributed by atoms with van der Waals surface area (Å²) in [4.78, 5) is 16.2. The van der Waals surface area contributed by atoms with Gasteiger partial charge in [-0.1, -0.05) is 29.8 Å². The second-order valence-electron chi connectivity index (χ2n) is 4.62. The van der Waals surface area contributed by atoms with Crippen LogP contribution in [0.1, 0.15) is 11.1 Å². The Hall–Kier alpha value is -2.56. The lowest BCUT2D eigenvalue weighted by atomic mass is 10.1. The highest BCUT2D eigenvalue weighted by molar-refractivity contribution is 5.93. The van der Waals surface area contributed by atoms with Crippen LogP contribution in [0.3, 0.4) is 0 Å². The van der Waals surface area contributed by atoms with Crippen LogP contribution in [0.4, 0.5) is 5.69 Å². The van der Waals surface area contributed by atoms with Crippen molar-refractivity contribution < 1.29 is 14.3 Å². The molecule has 5 nitrogen and oxygen atoms in total. The maximum Gasteiger partial charge on any atom is 0.240 e. The largest absolute Gasteiger partial charge is 0.481 e. The molecule has 0 saturated carbocycles. The van der Waals surface area contributed by atoms with Crippen LogP contribution in [0.25, 0.3) is 0 Å². The summed E-state index contributed by atoms with van der Waals surface area (Å²) in [6.45, 7) is 2.00. The number of ether oxygens (including phenoxy) is 2. The summed E-state index contributed by atoms with van der Waals surface area (Å²) in [7, 11) is 3.02. The van der Waals surface area contributed by atoms with E-state index < -0.39 is 0 Å². The predicted octanol–water partition coefficient (Wildman–Crippen LogP) is 2.59. The Morgan fingerprint density at radius 1 is 1.19 bits per heavy atom. The smallest absolute Gasteiger partial charge is 0.240 e. The minimum Gasteiger partial charge on any atom is -0.481 e. The van der Waals surface area contributed by atoms with E-state index in [0.717, 1.165) is 11.1 Å². The van der Waals surface area contributed by atoms with Gasteiger partial charge in [0, 0.05) is 6.07 Å². The number of benzene rings is 1. The molecule has 0 saturated heterocycles. The summed E-state index contributed by atoms with van der Waals surface area (Å²) in [5.74, 6) is 0.640. The van der Waals surface area contributed by atoms with Gasteiger partial charge in [-0.05, 0) is 18.6 Å². The first-order valence-corrected chi connectivity index (χ1v) is 6.57. The van der Waals surface area contributed by atoms with Crippen molar-refractivity contribution in [1.82, 2.24) is 4.98 Å². The third kappa shape index (κ3) is 3.95. The molecule has 0 bridgehead atoms. The Labute approximate surface area is 123 Å².